The highest BCUT2D eigenvalue weighted by molar-refractivity contribution is 5.75. The molecule has 0 saturated carbocycles. The number of carbonyl (C=O) groups is 1. The molecule has 0 aliphatic heterocycles. The average Bonchev–Trinajstić information content (AvgIpc) is 2.39. The number of rotatable bonds is 2. The van der Waals surface area contributed by atoms with Crippen LogP contribution < -0.4 is 0 Å². The molecular formula is C18H22O. The lowest BCUT2D eigenvalue weighted by molar-refractivity contribution is 0.112. The summed E-state index contributed by atoms with van der Waals surface area (Å²) in [4.78, 5) is 10.3. The zero-order valence-corrected chi connectivity index (χ0v) is 12.2. The smallest absolute Gasteiger partial charge is 0.150 e. The topological polar surface area (TPSA) is 17.1 Å². The third kappa shape index (κ3) is 5.52. The molecule has 1 nitrogen and oxygen atoms in total. The van der Waals surface area contributed by atoms with Crippen LogP contribution in [0.3, 0.4) is 0 Å². The Bertz CT molecular complexity index is 504. The van der Waals surface area contributed by atoms with E-state index in [0.717, 1.165) is 29.4 Å². The van der Waals surface area contributed by atoms with E-state index in [9.17, 15) is 4.79 Å². The Kier molecular flexibility index (Phi) is 6.01. The molecule has 0 N–H and O–H groups in total. The van der Waals surface area contributed by atoms with Crippen LogP contribution in [0.5, 0.6) is 0 Å². The van der Waals surface area contributed by atoms with E-state index in [1.165, 1.54) is 11.1 Å². The van der Waals surface area contributed by atoms with Crippen molar-refractivity contribution in [1.82, 2.24) is 0 Å². The highest BCUT2D eigenvalue weighted by Gasteiger charge is 1.91. The Labute approximate surface area is 116 Å². The maximum absolute atomic E-state index is 10.3. The molecule has 2 rings (SSSR count). The fourth-order valence-corrected chi connectivity index (χ4v) is 1.90. The Morgan fingerprint density at radius 3 is 1.79 bits per heavy atom. The molecule has 0 amide bonds. The minimum Gasteiger partial charge on any atom is -0.298 e. The molecule has 0 aliphatic rings. The first kappa shape index (κ1) is 15.2. The zero-order chi connectivity index (χ0) is 14.3. The maximum atomic E-state index is 10.3. The number of hydrogen-bond acceptors (Lipinski definition) is 1. The van der Waals surface area contributed by atoms with Crippen molar-refractivity contribution in [3.05, 3.63) is 70.3 Å². The molecule has 0 radical (unpaired) electrons. The van der Waals surface area contributed by atoms with E-state index in [4.69, 9.17) is 0 Å². The maximum Gasteiger partial charge on any atom is 0.150 e. The molecule has 0 saturated heterocycles. The Hall–Kier alpha value is -1.89. The van der Waals surface area contributed by atoms with Gasteiger partial charge in [-0.05, 0) is 44.9 Å². The van der Waals surface area contributed by atoms with Crippen LogP contribution in [0, 0.1) is 20.8 Å². The third-order valence-electron chi connectivity index (χ3n) is 2.91. The summed E-state index contributed by atoms with van der Waals surface area (Å²) >= 11 is 0. The van der Waals surface area contributed by atoms with Crippen molar-refractivity contribution >= 4 is 6.29 Å². The van der Waals surface area contributed by atoms with Crippen molar-refractivity contribution in [1.29, 1.82) is 0 Å². The van der Waals surface area contributed by atoms with Crippen molar-refractivity contribution in [2.24, 2.45) is 0 Å². The summed E-state index contributed by atoms with van der Waals surface area (Å²) in [6.45, 7) is 8.25. The molecule has 0 aromatic heterocycles. The second kappa shape index (κ2) is 7.52. The predicted molar refractivity (Wildman–Crippen MR) is 81.9 cm³/mol. The lowest BCUT2D eigenvalue weighted by Crippen LogP contribution is -1.83. The van der Waals surface area contributed by atoms with Gasteiger partial charge in [-0.15, -0.1) is 0 Å². The second-order valence-corrected chi connectivity index (χ2v) is 4.88. The van der Waals surface area contributed by atoms with E-state index in [1.807, 2.05) is 32.0 Å². The largest absolute Gasteiger partial charge is 0.298 e. The predicted octanol–water partition coefficient (Wildman–Crippen LogP) is 4.67. The number of hydrogen-bond donors (Lipinski definition) is 0. The summed E-state index contributed by atoms with van der Waals surface area (Å²) < 4.78 is 0. The summed E-state index contributed by atoms with van der Waals surface area (Å²) in [7, 11) is 0. The van der Waals surface area contributed by atoms with E-state index in [-0.39, 0.29) is 0 Å². The van der Waals surface area contributed by atoms with Crippen molar-refractivity contribution < 1.29 is 4.79 Å². The zero-order valence-electron chi connectivity index (χ0n) is 12.2. The van der Waals surface area contributed by atoms with Gasteiger partial charge < -0.3 is 0 Å². The molecule has 2 aromatic rings. The molecule has 2 aromatic carbocycles. The molecule has 0 fully saturated rings. The molecule has 0 spiro atoms. The van der Waals surface area contributed by atoms with E-state index >= 15 is 0 Å². The third-order valence-corrected chi connectivity index (χ3v) is 2.91. The van der Waals surface area contributed by atoms with Gasteiger partial charge >= 0.3 is 0 Å². The summed E-state index contributed by atoms with van der Waals surface area (Å²) in [5, 5.41) is 0. The Balaban J connectivity index is 0.000000191. The van der Waals surface area contributed by atoms with Gasteiger partial charge in [-0.25, -0.2) is 0 Å². The first-order valence-corrected chi connectivity index (χ1v) is 6.64. The van der Waals surface area contributed by atoms with Gasteiger partial charge in [0.05, 0.1) is 0 Å². The van der Waals surface area contributed by atoms with Gasteiger partial charge in [-0.3, -0.25) is 4.79 Å². The fraction of sp³-hybridized carbons (Fsp3) is 0.278. The van der Waals surface area contributed by atoms with Crippen LogP contribution in [0.1, 0.15) is 39.5 Å². The molecule has 1 heteroatoms. The van der Waals surface area contributed by atoms with Crippen LogP contribution in [0.15, 0.2) is 42.5 Å². The summed E-state index contributed by atoms with van der Waals surface area (Å²) in [5.74, 6) is 0. The molecule has 0 unspecified atom stereocenters. The van der Waals surface area contributed by atoms with Gasteiger partial charge in [-0.1, -0.05) is 53.9 Å². The van der Waals surface area contributed by atoms with Crippen LogP contribution in [-0.4, -0.2) is 6.29 Å². The fourth-order valence-electron chi connectivity index (χ4n) is 1.90. The number of aryl methyl sites for hydroxylation is 4. The lowest BCUT2D eigenvalue weighted by Gasteiger charge is -1.96. The van der Waals surface area contributed by atoms with Gasteiger partial charge in [0.15, 0.2) is 0 Å². The van der Waals surface area contributed by atoms with Gasteiger partial charge in [0.2, 0.25) is 0 Å². The SMILES string of the molecule is CCc1ccc(C)cc1.Cc1cc(C)cc(C=O)c1. The lowest BCUT2D eigenvalue weighted by atomic mass is 10.1. The molecule has 0 bridgehead atoms. The van der Waals surface area contributed by atoms with Crippen molar-refractivity contribution in [3.63, 3.8) is 0 Å². The highest BCUT2D eigenvalue weighted by atomic mass is 16.1. The van der Waals surface area contributed by atoms with Crippen LogP contribution in [0.2, 0.25) is 0 Å². The summed E-state index contributed by atoms with van der Waals surface area (Å²) in [6, 6.07) is 14.5. The van der Waals surface area contributed by atoms with Crippen molar-refractivity contribution in [3.8, 4) is 0 Å². The number of carbonyl (C=O) groups excluding carboxylic acids is 1. The van der Waals surface area contributed by atoms with Gasteiger partial charge in [-0.2, -0.15) is 0 Å². The summed E-state index contributed by atoms with van der Waals surface area (Å²) in [6.07, 6.45) is 2.01. The van der Waals surface area contributed by atoms with E-state index in [2.05, 4.69) is 38.1 Å². The number of aldehydes is 1. The standard InChI is InChI=1S/C9H10O.C9H12/c1-7-3-8(2)5-9(4-7)6-10;1-3-9-6-4-8(2)5-7-9/h3-6H,1-2H3;4-7H,3H2,1-2H3. The normalized spacial score (nSPS) is 9.47. The Morgan fingerprint density at radius 2 is 1.37 bits per heavy atom. The van der Waals surface area contributed by atoms with Gasteiger partial charge in [0.25, 0.3) is 0 Å². The Morgan fingerprint density at radius 1 is 0.842 bits per heavy atom. The molecule has 100 valence electrons. The first-order valence-electron chi connectivity index (χ1n) is 6.64. The van der Waals surface area contributed by atoms with Gasteiger partial charge in [0.1, 0.15) is 6.29 Å². The van der Waals surface area contributed by atoms with Crippen LogP contribution in [-0.2, 0) is 6.42 Å². The van der Waals surface area contributed by atoms with Gasteiger partial charge in [0, 0.05) is 5.56 Å². The van der Waals surface area contributed by atoms with E-state index in [1.54, 1.807) is 0 Å². The number of benzene rings is 2. The summed E-state index contributed by atoms with van der Waals surface area (Å²) in [5.41, 5.74) is 5.80. The quantitative estimate of drug-likeness (QED) is 0.711. The minimum absolute atomic E-state index is 0.762. The molecule has 0 aliphatic carbocycles. The van der Waals surface area contributed by atoms with Crippen LogP contribution in [0.4, 0.5) is 0 Å². The van der Waals surface area contributed by atoms with Crippen molar-refractivity contribution in [2.45, 2.75) is 34.1 Å². The van der Waals surface area contributed by atoms with E-state index < -0.39 is 0 Å². The molecule has 19 heavy (non-hydrogen) atoms. The highest BCUT2D eigenvalue weighted by Crippen LogP contribution is 2.06. The van der Waals surface area contributed by atoms with Crippen LogP contribution in [0.25, 0.3) is 0 Å². The average molecular weight is 254 g/mol. The molecular weight excluding hydrogens is 232 g/mol. The first-order chi connectivity index (χ1) is 9.05. The second-order valence-electron chi connectivity index (χ2n) is 4.88. The van der Waals surface area contributed by atoms with Crippen LogP contribution >= 0.6 is 0 Å². The molecule has 0 heterocycles. The van der Waals surface area contributed by atoms with E-state index in [0.29, 0.717) is 0 Å². The van der Waals surface area contributed by atoms with Crippen molar-refractivity contribution in [2.75, 3.05) is 0 Å². The minimum atomic E-state index is 0.762. The molecule has 0 atom stereocenters. The monoisotopic (exact) mass is 254 g/mol.